The van der Waals surface area contributed by atoms with Gasteiger partial charge >= 0.3 is 0 Å². The molecular formula is C12H15BrFNO2. The van der Waals surface area contributed by atoms with E-state index in [-0.39, 0.29) is 18.3 Å². The highest BCUT2D eigenvalue weighted by molar-refractivity contribution is 9.10. The van der Waals surface area contributed by atoms with E-state index in [1.54, 1.807) is 0 Å². The first-order valence-corrected chi connectivity index (χ1v) is 6.13. The lowest BCUT2D eigenvalue weighted by atomic mass is 10.2. The van der Waals surface area contributed by atoms with E-state index in [2.05, 4.69) is 21.2 Å². The summed E-state index contributed by atoms with van der Waals surface area (Å²) in [5.74, 6) is 0.317. The van der Waals surface area contributed by atoms with Gasteiger partial charge in [-0.25, -0.2) is 4.39 Å². The molecule has 0 spiro atoms. The predicted molar refractivity (Wildman–Crippen MR) is 67.4 cm³/mol. The van der Waals surface area contributed by atoms with Crippen molar-refractivity contribution in [1.82, 2.24) is 5.32 Å². The molecule has 1 amide bonds. The maximum absolute atomic E-state index is 12.9. The molecule has 0 unspecified atom stereocenters. The molecule has 94 valence electrons. The first-order chi connectivity index (χ1) is 7.99. The minimum atomic E-state index is -0.360. The van der Waals surface area contributed by atoms with Gasteiger partial charge in [-0.15, -0.1) is 0 Å². The fraction of sp³-hybridized carbons (Fsp3) is 0.417. The third-order valence-electron chi connectivity index (χ3n) is 1.97. The highest BCUT2D eigenvalue weighted by atomic mass is 79.9. The second kappa shape index (κ2) is 6.59. The highest BCUT2D eigenvalue weighted by Gasteiger charge is 2.05. The average Bonchev–Trinajstić information content (AvgIpc) is 2.28. The van der Waals surface area contributed by atoms with Crippen LogP contribution in [0.5, 0.6) is 5.75 Å². The Kier molecular flexibility index (Phi) is 5.41. The quantitative estimate of drug-likeness (QED) is 0.908. The number of benzene rings is 1. The van der Waals surface area contributed by atoms with Crippen LogP contribution in [0.25, 0.3) is 0 Å². The van der Waals surface area contributed by atoms with E-state index in [0.29, 0.717) is 22.7 Å². The van der Waals surface area contributed by atoms with E-state index in [4.69, 9.17) is 4.74 Å². The molecular weight excluding hydrogens is 289 g/mol. The van der Waals surface area contributed by atoms with Crippen LogP contribution < -0.4 is 10.1 Å². The van der Waals surface area contributed by atoms with Gasteiger partial charge < -0.3 is 10.1 Å². The molecule has 0 radical (unpaired) electrons. The van der Waals surface area contributed by atoms with Gasteiger partial charge in [0.05, 0.1) is 4.47 Å². The fourth-order valence-electron chi connectivity index (χ4n) is 1.08. The maximum atomic E-state index is 12.9. The Labute approximate surface area is 108 Å². The first-order valence-electron chi connectivity index (χ1n) is 5.33. The van der Waals surface area contributed by atoms with Gasteiger partial charge in [-0.3, -0.25) is 4.79 Å². The van der Waals surface area contributed by atoms with Crippen LogP contribution in [0.15, 0.2) is 22.7 Å². The fourth-order valence-corrected chi connectivity index (χ4v) is 1.44. The van der Waals surface area contributed by atoms with Crippen LogP contribution >= 0.6 is 15.9 Å². The molecule has 0 heterocycles. The molecule has 1 aromatic carbocycles. The molecule has 0 aliphatic rings. The van der Waals surface area contributed by atoms with Gasteiger partial charge in [0.15, 0.2) is 6.61 Å². The summed E-state index contributed by atoms with van der Waals surface area (Å²) in [6.45, 7) is 4.58. The number of carbonyl (C=O) groups is 1. The second-order valence-electron chi connectivity index (χ2n) is 4.06. The summed E-state index contributed by atoms with van der Waals surface area (Å²) in [6.07, 6.45) is 0. The van der Waals surface area contributed by atoms with Crippen molar-refractivity contribution in [3.05, 3.63) is 28.5 Å². The van der Waals surface area contributed by atoms with Crippen LogP contribution in [0.4, 0.5) is 4.39 Å². The zero-order valence-electron chi connectivity index (χ0n) is 9.80. The van der Waals surface area contributed by atoms with Gasteiger partial charge in [-0.05, 0) is 40.0 Å². The predicted octanol–water partition coefficient (Wildman–Crippen LogP) is 2.74. The van der Waals surface area contributed by atoms with Gasteiger partial charge in [-0.2, -0.15) is 0 Å². The van der Waals surface area contributed by atoms with E-state index in [1.165, 1.54) is 18.2 Å². The van der Waals surface area contributed by atoms with Gasteiger partial charge in [0.2, 0.25) is 0 Å². The van der Waals surface area contributed by atoms with Crippen molar-refractivity contribution < 1.29 is 13.9 Å². The molecule has 1 aromatic rings. The summed E-state index contributed by atoms with van der Waals surface area (Å²) in [5.41, 5.74) is 0. The van der Waals surface area contributed by atoms with Crippen LogP contribution in [0.2, 0.25) is 0 Å². The molecule has 0 bridgehead atoms. The van der Waals surface area contributed by atoms with Crippen LogP contribution in [-0.4, -0.2) is 19.1 Å². The van der Waals surface area contributed by atoms with E-state index in [9.17, 15) is 9.18 Å². The number of hydrogen-bond acceptors (Lipinski definition) is 2. The number of carbonyl (C=O) groups excluding carboxylic acids is 1. The zero-order chi connectivity index (χ0) is 12.8. The number of amides is 1. The molecule has 3 nitrogen and oxygen atoms in total. The zero-order valence-corrected chi connectivity index (χ0v) is 11.4. The molecule has 5 heteroatoms. The maximum Gasteiger partial charge on any atom is 0.257 e. The number of rotatable bonds is 5. The summed E-state index contributed by atoms with van der Waals surface area (Å²) >= 11 is 3.05. The topological polar surface area (TPSA) is 38.3 Å². The van der Waals surface area contributed by atoms with Crippen molar-refractivity contribution >= 4 is 21.8 Å². The Morgan fingerprint density at radius 3 is 2.82 bits per heavy atom. The van der Waals surface area contributed by atoms with Crippen molar-refractivity contribution in [3.63, 3.8) is 0 Å². The summed E-state index contributed by atoms with van der Waals surface area (Å²) < 4.78 is 18.5. The van der Waals surface area contributed by atoms with Crippen molar-refractivity contribution in [1.29, 1.82) is 0 Å². The van der Waals surface area contributed by atoms with E-state index in [1.807, 2.05) is 13.8 Å². The van der Waals surface area contributed by atoms with Gasteiger partial charge in [0, 0.05) is 6.54 Å². The molecule has 0 saturated carbocycles. The molecule has 17 heavy (non-hydrogen) atoms. The van der Waals surface area contributed by atoms with E-state index < -0.39 is 0 Å². The molecule has 1 N–H and O–H groups in total. The van der Waals surface area contributed by atoms with Gasteiger partial charge in [0.1, 0.15) is 11.6 Å². The number of ether oxygens (including phenoxy) is 1. The minimum absolute atomic E-state index is 0.0647. The second-order valence-corrected chi connectivity index (χ2v) is 4.92. The SMILES string of the molecule is CC(C)CNC(=O)COc1ccc(F)c(Br)c1. The molecule has 0 aliphatic carbocycles. The minimum Gasteiger partial charge on any atom is -0.484 e. The van der Waals surface area contributed by atoms with Crippen LogP contribution in [0, 0.1) is 11.7 Å². The molecule has 0 saturated heterocycles. The van der Waals surface area contributed by atoms with Crippen molar-refractivity contribution in [2.24, 2.45) is 5.92 Å². The Balaban J connectivity index is 2.39. The molecule has 0 atom stereocenters. The van der Waals surface area contributed by atoms with Crippen LogP contribution in [-0.2, 0) is 4.79 Å². The summed E-state index contributed by atoms with van der Waals surface area (Å²) in [6, 6.07) is 4.26. The molecule has 0 aromatic heterocycles. The summed E-state index contributed by atoms with van der Waals surface area (Å²) in [7, 11) is 0. The van der Waals surface area contributed by atoms with Crippen molar-refractivity contribution in [3.8, 4) is 5.75 Å². The Hall–Kier alpha value is -1.10. The number of hydrogen-bond donors (Lipinski definition) is 1. The van der Waals surface area contributed by atoms with Crippen molar-refractivity contribution in [2.75, 3.05) is 13.2 Å². The lowest BCUT2D eigenvalue weighted by Gasteiger charge is -2.09. The lowest BCUT2D eigenvalue weighted by molar-refractivity contribution is -0.123. The van der Waals surface area contributed by atoms with Crippen molar-refractivity contribution in [2.45, 2.75) is 13.8 Å². The van der Waals surface area contributed by atoms with Crippen LogP contribution in [0.3, 0.4) is 0 Å². The third kappa shape index (κ3) is 5.17. The monoisotopic (exact) mass is 303 g/mol. The Morgan fingerprint density at radius 1 is 1.53 bits per heavy atom. The average molecular weight is 304 g/mol. The highest BCUT2D eigenvalue weighted by Crippen LogP contribution is 2.21. The smallest absolute Gasteiger partial charge is 0.257 e. The lowest BCUT2D eigenvalue weighted by Crippen LogP contribution is -2.31. The number of halogens is 2. The van der Waals surface area contributed by atoms with Gasteiger partial charge in [-0.1, -0.05) is 13.8 Å². The largest absolute Gasteiger partial charge is 0.484 e. The third-order valence-corrected chi connectivity index (χ3v) is 2.58. The van der Waals surface area contributed by atoms with Gasteiger partial charge in [0.25, 0.3) is 5.91 Å². The Bertz CT molecular complexity index is 396. The standard InChI is InChI=1S/C12H15BrFNO2/c1-8(2)6-15-12(16)7-17-9-3-4-11(14)10(13)5-9/h3-5,8H,6-7H2,1-2H3,(H,15,16). The molecule has 1 rings (SSSR count). The molecule has 0 aliphatic heterocycles. The van der Waals surface area contributed by atoms with E-state index in [0.717, 1.165) is 0 Å². The first kappa shape index (κ1) is 14.0. The Morgan fingerprint density at radius 2 is 2.24 bits per heavy atom. The summed E-state index contributed by atoms with van der Waals surface area (Å²) in [4.78, 5) is 11.4. The van der Waals surface area contributed by atoms with E-state index >= 15 is 0 Å². The molecule has 0 fully saturated rings. The number of nitrogens with one attached hydrogen (secondary N) is 1. The van der Waals surface area contributed by atoms with Crippen LogP contribution in [0.1, 0.15) is 13.8 Å². The normalized spacial score (nSPS) is 10.4. The summed E-state index contributed by atoms with van der Waals surface area (Å²) in [5, 5.41) is 2.73.